The summed E-state index contributed by atoms with van der Waals surface area (Å²) in [6.45, 7) is 12.1. The highest BCUT2D eigenvalue weighted by atomic mass is 19.1. The van der Waals surface area contributed by atoms with Crippen LogP contribution in [-0.4, -0.2) is 68.5 Å². The number of alkyl carbamates (subject to hydrolysis) is 1. The number of carbonyl (C=O) groups is 3. The maximum absolute atomic E-state index is 13.8. The zero-order valence-corrected chi connectivity index (χ0v) is 24.1. The molecule has 12 heteroatoms. The summed E-state index contributed by atoms with van der Waals surface area (Å²) < 4.78 is 30.6. The van der Waals surface area contributed by atoms with Crippen LogP contribution in [0.3, 0.4) is 0 Å². The molecule has 0 bridgehead atoms. The number of aryl methyl sites for hydroxylation is 1. The van der Waals surface area contributed by atoms with Crippen LogP contribution in [-0.2, 0) is 14.3 Å². The smallest absolute Gasteiger partial charge is 0.408 e. The molecule has 0 radical (unpaired) electrons. The highest BCUT2D eigenvalue weighted by Gasteiger charge is 2.46. The van der Waals surface area contributed by atoms with E-state index in [9.17, 15) is 23.9 Å². The molecule has 0 spiro atoms. The quantitative estimate of drug-likeness (QED) is 0.430. The molecule has 3 heterocycles. The molecule has 2 aromatic heterocycles. The summed E-state index contributed by atoms with van der Waals surface area (Å²) in [5.74, 6) is -1.89. The number of ether oxygens (including phenoxy) is 2. The van der Waals surface area contributed by atoms with E-state index in [0.29, 0.717) is 22.5 Å². The molecule has 0 saturated carbocycles. The normalized spacial score (nSPS) is 18.3. The molecule has 11 nitrogen and oxygen atoms in total. The van der Waals surface area contributed by atoms with Crippen molar-refractivity contribution < 1.29 is 37.9 Å². The number of carboxylic acids is 1. The second-order valence-electron chi connectivity index (χ2n) is 12.2. The van der Waals surface area contributed by atoms with E-state index < -0.39 is 53.0 Å². The van der Waals surface area contributed by atoms with E-state index in [1.807, 2.05) is 0 Å². The Bertz CT molecular complexity index is 1460. The van der Waals surface area contributed by atoms with Gasteiger partial charge in [-0.1, -0.05) is 25.9 Å². The lowest BCUT2D eigenvalue weighted by molar-refractivity contribution is -0.150. The Morgan fingerprint density at radius 2 is 1.80 bits per heavy atom. The van der Waals surface area contributed by atoms with Gasteiger partial charge in [0.1, 0.15) is 40.8 Å². The molecule has 1 aromatic carbocycles. The fourth-order valence-electron chi connectivity index (χ4n) is 4.64. The summed E-state index contributed by atoms with van der Waals surface area (Å²) in [4.78, 5) is 44.4. The molecule has 0 aliphatic carbocycles. The third-order valence-corrected chi connectivity index (χ3v) is 6.59. The van der Waals surface area contributed by atoms with Gasteiger partial charge in [-0.2, -0.15) is 0 Å². The summed E-state index contributed by atoms with van der Waals surface area (Å²) in [5.41, 5.74) is 0.797. The van der Waals surface area contributed by atoms with Gasteiger partial charge in [0.05, 0.1) is 12.2 Å². The first-order chi connectivity index (χ1) is 19.0. The number of carboxylic acid groups (broad SMARTS) is 1. The number of fused-ring (bicyclic) bond motifs is 1. The maximum Gasteiger partial charge on any atom is 0.408 e. The van der Waals surface area contributed by atoms with E-state index in [1.165, 1.54) is 17.0 Å². The van der Waals surface area contributed by atoms with E-state index in [0.717, 1.165) is 0 Å². The number of amides is 2. The second-order valence-corrected chi connectivity index (χ2v) is 12.2. The summed E-state index contributed by atoms with van der Waals surface area (Å²) in [6.07, 6.45) is -1.51. The Morgan fingerprint density at radius 3 is 2.39 bits per heavy atom. The molecule has 3 atom stereocenters. The second kappa shape index (κ2) is 11.0. The van der Waals surface area contributed by atoms with Gasteiger partial charge in [-0.25, -0.2) is 19.0 Å². The van der Waals surface area contributed by atoms with Crippen LogP contribution in [0, 0.1) is 18.2 Å². The first-order valence-corrected chi connectivity index (χ1v) is 13.3. The van der Waals surface area contributed by atoms with Crippen molar-refractivity contribution in [1.29, 1.82) is 0 Å². The van der Waals surface area contributed by atoms with Crippen molar-refractivity contribution in [3.05, 3.63) is 41.8 Å². The summed E-state index contributed by atoms with van der Waals surface area (Å²) in [6, 6.07) is 5.15. The molecular formula is C29H35FN4O7. The van der Waals surface area contributed by atoms with Gasteiger partial charge in [-0.3, -0.25) is 4.79 Å². The molecule has 2 N–H and O–H groups in total. The van der Waals surface area contributed by atoms with E-state index in [4.69, 9.17) is 14.0 Å². The molecule has 1 aliphatic heterocycles. The number of rotatable bonds is 6. The molecule has 0 unspecified atom stereocenters. The van der Waals surface area contributed by atoms with E-state index in [1.54, 1.807) is 66.7 Å². The van der Waals surface area contributed by atoms with Gasteiger partial charge in [0.15, 0.2) is 5.75 Å². The van der Waals surface area contributed by atoms with Gasteiger partial charge in [0, 0.05) is 18.1 Å². The molecular weight excluding hydrogens is 535 g/mol. The lowest BCUT2D eigenvalue weighted by Crippen LogP contribution is -2.57. The van der Waals surface area contributed by atoms with Crippen LogP contribution >= 0.6 is 0 Å². The Morgan fingerprint density at radius 1 is 1.15 bits per heavy atom. The van der Waals surface area contributed by atoms with E-state index >= 15 is 0 Å². The predicted molar refractivity (Wildman–Crippen MR) is 147 cm³/mol. The average molecular weight is 571 g/mol. The topological polar surface area (TPSA) is 144 Å². The van der Waals surface area contributed by atoms with Crippen molar-refractivity contribution in [1.82, 2.24) is 20.4 Å². The van der Waals surface area contributed by atoms with Crippen molar-refractivity contribution in [3.8, 4) is 17.0 Å². The molecule has 3 aromatic rings. The number of hydrogen-bond acceptors (Lipinski definition) is 8. The third kappa shape index (κ3) is 6.75. The first kappa shape index (κ1) is 29.8. The fourth-order valence-corrected chi connectivity index (χ4v) is 4.64. The summed E-state index contributed by atoms with van der Waals surface area (Å²) >= 11 is 0. The van der Waals surface area contributed by atoms with Crippen LogP contribution in [0.25, 0.3) is 22.4 Å². The number of carbonyl (C=O) groups excluding carboxylic acids is 2. The van der Waals surface area contributed by atoms with Gasteiger partial charge < -0.3 is 29.3 Å². The number of benzene rings is 1. The average Bonchev–Trinajstić information content (AvgIpc) is 3.45. The lowest BCUT2D eigenvalue weighted by Gasteiger charge is -2.35. The van der Waals surface area contributed by atoms with E-state index in [-0.39, 0.29) is 24.3 Å². The van der Waals surface area contributed by atoms with Crippen molar-refractivity contribution in [2.24, 2.45) is 5.41 Å². The van der Waals surface area contributed by atoms with Crippen LogP contribution in [0.2, 0.25) is 0 Å². The molecule has 41 heavy (non-hydrogen) atoms. The van der Waals surface area contributed by atoms with E-state index in [2.05, 4.69) is 15.5 Å². The van der Waals surface area contributed by atoms with Crippen molar-refractivity contribution in [2.75, 3.05) is 6.54 Å². The highest BCUT2D eigenvalue weighted by molar-refractivity contribution is 5.90. The fraction of sp³-hybridized carbons (Fsp3) is 0.483. The monoisotopic (exact) mass is 570 g/mol. The zero-order valence-electron chi connectivity index (χ0n) is 24.1. The molecule has 1 fully saturated rings. The Labute approximate surface area is 237 Å². The van der Waals surface area contributed by atoms with Crippen molar-refractivity contribution in [3.63, 3.8) is 0 Å². The lowest BCUT2D eigenvalue weighted by atomic mass is 9.85. The first-order valence-electron chi connectivity index (χ1n) is 13.3. The van der Waals surface area contributed by atoms with Gasteiger partial charge in [0.25, 0.3) is 0 Å². The van der Waals surface area contributed by atoms with Crippen molar-refractivity contribution >= 4 is 29.1 Å². The minimum Gasteiger partial charge on any atom is -0.484 e. The highest BCUT2D eigenvalue weighted by Crippen LogP contribution is 2.35. The van der Waals surface area contributed by atoms with Crippen LogP contribution in [0.15, 0.2) is 34.9 Å². The number of likely N-dealkylation sites (tertiary alicyclic amines) is 1. The number of nitrogens with one attached hydrogen (secondary N) is 1. The number of pyridine rings is 1. The van der Waals surface area contributed by atoms with Crippen molar-refractivity contribution in [2.45, 2.75) is 78.7 Å². The largest absolute Gasteiger partial charge is 0.484 e. The number of nitrogens with zero attached hydrogens (tertiary/aromatic N) is 3. The Balaban J connectivity index is 1.62. The van der Waals surface area contributed by atoms with Gasteiger partial charge in [-0.15, -0.1) is 0 Å². The van der Waals surface area contributed by atoms with Gasteiger partial charge in [0.2, 0.25) is 11.5 Å². The molecule has 4 rings (SSSR count). The minimum absolute atomic E-state index is 0.00676. The number of aliphatic carboxylic acids is 1. The maximum atomic E-state index is 13.8. The van der Waals surface area contributed by atoms with Crippen LogP contribution in [0.5, 0.6) is 5.75 Å². The third-order valence-electron chi connectivity index (χ3n) is 6.59. The van der Waals surface area contributed by atoms with Gasteiger partial charge >= 0.3 is 12.1 Å². The van der Waals surface area contributed by atoms with Crippen LogP contribution in [0.4, 0.5) is 9.18 Å². The summed E-state index contributed by atoms with van der Waals surface area (Å²) in [5, 5.41) is 16.6. The predicted octanol–water partition coefficient (Wildman–Crippen LogP) is 4.71. The van der Waals surface area contributed by atoms with Gasteiger partial charge in [-0.05, 0) is 57.4 Å². The number of halogens is 1. The number of aromatic nitrogens is 2. The van der Waals surface area contributed by atoms with Crippen LogP contribution in [0.1, 0.15) is 53.7 Å². The number of hydrogen-bond donors (Lipinski definition) is 2. The molecule has 1 aliphatic rings. The standard InChI is InChI=1S/C29H35FN4O7/c1-15-22-23(41-33-15)21(13-19(31-22)16-8-10-17(30)11-9-16)39-18-12-20(26(36)37)34(14-18)25(35)24(28(2,3)4)32-27(38)40-29(5,6)7/h8-11,13,18,20,24H,12,14H2,1-7H3,(H,32,38)(H,36,37)/t18-,20+,24-/m1/s1. The van der Waals surface area contributed by atoms with Crippen LogP contribution < -0.4 is 10.1 Å². The molecule has 1 saturated heterocycles. The molecule has 2 amide bonds. The Kier molecular flexibility index (Phi) is 7.97. The molecule has 220 valence electrons. The Hall–Kier alpha value is -4.22. The minimum atomic E-state index is -1.20. The SMILES string of the molecule is Cc1noc2c(O[C@@H]3C[C@@H](C(=O)O)N(C(=O)[C@@H](NC(=O)OC(C)(C)C)C(C)(C)C)C3)cc(-c3ccc(F)cc3)nc12. The summed E-state index contributed by atoms with van der Waals surface area (Å²) in [7, 11) is 0. The zero-order chi connectivity index (χ0) is 30.3.